The molecular weight excluding hydrogens is 352 g/mol. The molecule has 1 N–H and O–H groups in total. The third kappa shape index (κ3) is 3.20. The molecule has 0 saturated carbocycles. The number of nitrogens with zero attached hydrogens (tertiary/aromatic N) is 1. The highest BCUT2D eigenvalue weighted by atomic mass is 16.5. The molecule has 28 heavy (non-hydrogen) atoms. The topological polar surface area (TPSA) is 62.4 Å². The first-order valence-electron chi connectivity index (χ1n) is 9.32. The monoisotopic (exact) mass is 374 g/mol. The Hall–Kier alpha value is -3.34. The van der Waals surface area contributed by atoms with E-state index in [1.165, 1.54) is 29.2 Å². The molecule has 5 heteroatoms. The highest BCUT2D eigenvalue weighted by Crippen LogP contribution is 2.31. The predicted octanol–water partition coefficient (Wildman–Crippen LogP) is 4.19. The first-order valence-corrected chi connectivity index (χ1v) is 9.32. The highest BCUT2D eigenvalue weighted by molar-refractivity contribution is 5.98. The fraction of sp³-hybridized carbons (Fsp3) is 0.217. The molecule has 4 rings (SSSR count). The van der Waals surface area contributed by atoms with Crippen LogP contribution in [0, 0.1) is 6.92 Å². The van der Waals surface area contributed by atoms with Gasteiger partial charge in [-0.2, -0.15) is 0 Å². The Bertz CT molecular complexity index is 1080. The van der Waals surface area contributed by atoms with E-state index >= 15 is 0 Å². The van der Waals surface area contributed by atoms with E-state index in [9.17, 15) is 9.59 Å². The van der Waals surface area contributed by atoms with Crippen LogP contribution in [0.3, 0.4) is 0 Å². The van der Waals surface area contributed by atoms with Crippen molar-refractivity contribution >= 4 is 28.4 Å². The van der Waals surface area contributed by atoms with Crippen molar-refractivity contribution in [2.24, 2.45) is 0 Å². The molecule has 1 aromatic heterocycles. The van der Waals surface area contributed by atoms with Crippen molar-refractivity contribution in [3.05, 3.63) is 77.0 Å². The Morgan fingerprint density at radius 1 is 1.07 bits per heavy atom. The molecule has 0 atom stereocenters. The number of esters is 1. The maximum absolute atomic E-state index is 12.8. The van der Waals surface area contributed by atoms with Crippen molar-refractivity contribution in [2.45, 2.75) is 13.3 Å². The van der Waals surface area contributed by atoms with Crippen LogP contribution < -0.4 is 0 Å². The summed E-state index contributed by atoms with van der Waals surface area (Å²) in [6.07, 6.45) is 5.01. The molecule has 1 aliphatic rings. The number of H-pyrrole nitrogens is 1. The van der Waals surface area contributed by atoms with Gasteiger partial charge in [-0.15, -0.1) is 0 Å². The molecule has 0 aliphatic carbocycles. The number of amides is 1. The van der Waals surface area contributed by atoms with Crippen molar-refractivity contribution < 1.29 is 14.3 Å². The molecule has 0 spiro atoms. The standard InChI is InChI=1S/C23H22N2O3/c1-15-4-3-5-20-21(15)19(14-24-20)16-10-12-25(13-11-16)22(26)17-6-8-18(9-7-17)23(27)28-2/h3-10,14,24H,11-13H2,1-2H3. The number of carbonyl (C=O) groups is 2. The summed E-state index contributed by atoms with van der Waals surface area (Å²) < 4.78 is 4.69. The van der Waals surface area contributed by atoms with E-state index in [0.717, 1.165) is 11.9 Å². The van der Waals surface area contributed by atoms with Crippen LogP contribution in [-0.4, -0.2) is 42.0 Å². The van der Waals surface area contributed by atoms with Crippen LogP contribution in [0.5, 0.6) is 0 Å². The van der Waals surface area contributed by atoms with Crippen LogP contribution in [0.2, 0.25) is 0 Å². The molecule has 2 aromatic carbocycles. The number of benzene rings is 2. The second-order valence-electron chi connectivity index (χ2n) is 7.00. The van der Waals surface area contributed by atoms with Gasteiger partial charge in [-0.3, -0.25) is 4.79 Å². The number of hydrogen-bond donors (Lipinski definition) is 1. The van der Waals surface area contributed by atoms with Crippen molar-refractivity contribution in [3.63, 3.8) is 0 Å². The molecule has 0 fully saturated rings. The predicted molar refractivity (Wildman–Crippen MR) is 109 cm³/mol. The van der Waals surface area contributed by atoms with Crippen LogP contribution in [0.4, 0.5) is 0 Å². The third-order valence-electron chi connectivity index (χ3n) is 5.31. The van der Waals surface area contributed by atoms with E-state index in [1.54, 1.807) is 24.3 Å². The van der Waals surface area contributed by atoms with Crippen LogP contribution in [0.25, 0.3) is 16.5 Å². The summed E-state index contributed by atoms with van der Waals surface area (Å²) in [6, 6.07) is 12.9. The van der Waals surface area contributed by atoms with Crippen LogP contribution in [0.15, 0.2) is 54.7 Å². The van der Waals surface area contributed by atoms with Gasteiger partial charge in [0.2, 0.25) is 0 Å². The van der Waals surface area contributed by atoms with Crippen molar-refractivity contribution in [3.8, 4) is 0 Å². The van der Waals surface area contributed by atoms with E-state index in [1.807, 2.05) is 4.90 Å². The molecule has 1 amide bonds. The molecular formula is C23H22N2O3. The number of aromatic nitrogens is 1. The number of hydrogen-bond acceptors (Lipinski definition) is 3. The number of carbonyl (C=O) groups excluding carboxylic acids is 2. The van der Waals surface area contributed by atoms with Crippen molar-refractivity contribution in [1.82, 2.24) is 9.88 Å². The number of rotatable bonds is 3. The Labute approximate surface area is 163 Å². The number of ether oxygens (including phenoxy) is 1. The van der Waals surface area contributed by atoms with Gasteiger partial charge in [0.15, 0.2) is 0 Å². The van der Waals surface area contributed by atoms with Gasteiger partial charge in [0.05, 0.1) is 12.7 Å². The minimum Gasteiger partial charge on any atom is -0.465 e. The fourth-order valence-corrected chi connectivity index (χ4v) is 3.77. The van der Waals surface area contributed by atoms with Gasteiger partial charge in [-0.1, -0.05) is 18.2 Å². The molecule has 1 aliphatic heterocycles. The zero-order chi connectivity index (χ0) is 19.7. The van der Waals surface area contributed by atoms with Gasteiger partial charge < -0.3 is 14.6 Å². The molecule has 5 nitrogen and oxygen atoms in total. The number of nitrogens with one attached hydrogen (secondary N) is 1. The van der Waals surface area contributed by atoms with Gasteiger partial charge in [-0.25, -0.2) is 4.79 Å². The number of aromatic amines is 1. The van der Waals surface area contributed by atoms with Gasteiger partial charge in [0.1, 0.15) is 0 Å². The molecule has 142 valence electrons. The van der Waals surface area contributed by atoms with E-state index in [0.29, 0.717) is 24.2 Å². The molecule has 3 aromatic rings. The largest absolute Gasteiger partial charge is 0.465 e. The second-order valence-corrected chi connectivity index (χ2v) is 7.00. The van der Waals surface area contributed by atoms with Gasteiger partial charge in [0.25, 0.3) is 5.91 Å². The molecule has 0 bridgehead atoms. The lowest BCUT2D eigenvalue weighted by Crippen LogP contribution is -2.34. The van der Waals surface area contributed by atoms with E-state index in [-0.39, 0.29) is 5.91 Å². The third-order valence-corrected chi connectivity index (χ3v) is 5.31. The van der Waals surface area contributed by atoms with E-state index < -0.39 is 5.97 Å². The Morgan fingerprint density at radius 3 is 2.50 bits per heavy atom. The Kier molecular flexibility index (Phi) is 4.74. The summed E-state index contributed by atoms with van der Waals surface area (Å²) in [7, 11) is 1.34. The normalized spacial score (nSPS) is 14.1. The Morgan fingerprint density at radius 2 is 1.82 bits per heavy atom. The minimum absolute atomic E-state index is 0.0261. The number of aryl methyl sites for hydroxylation is 1. The zero-order valence-electron chi connectivity index (χ0n) is 16.0. The molecule has 0 unspecified atom stereocenters. The molecule has 2 heterocycles. The summed E-state index contributed by atoms with van der Waals surface area (Å²) in [5.74, 6) is -0.430. The van der Waals surface area contributed by atoms with E-state index in [2.05, 4.69) is 42.4 Å². The van der Waals surface area contributed by atoms with Gasteiger partial charge >= 0.3 is 5.97 Å². The smallest absolute Gasteiger partial charge is 0.337 e. The lowest BCUT2D eigenvalue weighted by atomic mass is 9.96. The summed E-state index contributed by atoms with van der Waals surface area (Å²) in [5.41, 5.74) is 5.90. The molecule has 0 saturated heterocycles. The summed E-state index contributed by atoms with van der Waals surface area (Å²) in [5, 5.41) is 1.26. The average Bonchev–Trinajstić information content (AvgIpc) is 3.18. The van der Waals surface area contributed by atoms with E-state index in [4.69, 9.17) is 4.74 Å². The lowest BCUT2D eigenvalue weighted by Gasteiger charge is -2.26. The maximum Gasteiger partial charge on any atom is 0.337 e. The maximum atomic E-state index is 12.8. The first kappa shape index (κ1) is 18.0. The number of fused-ring (bicyclic) bond motifs is 1. The average molecular weight is 374 g/mol. The summed E-state index contributed by atoms with van der Waals surface area (Å²) in [4.78, 5) is 29.5. The first-order chi connectivity index (χ1) is 13.6. The SMILES string of the molecule is COC(=O)c1ccc(C(=O)N2CC=C(c3c[nH]c4cccc(C)c34)CC2)cc1. The van der Waals surface area contributed by atoms with Crippen LogP contribution >= 0.6 is 0 Å². The van der Waals surface area contributed by atoms with Gasteiger partial charge in [-0.05, 0) is 54.8 Å². The van der Waals surface area contributed by atoms with Gasteiger partial charge in [0, 0.05) is 41.3 Å². The lowest BCUT2D eigenvalue weighted by molar-refractivity contribution is 0.0600. The number of methoxy groups -OCH3 is 1. The van der Waals surface area contributed by atoms with Crippen LogP contribution in [0.1, 0.15) is 38.3 Å². The Balaban J connectivity index is 1.52. The minimum atomic E-state index is -0.404. The zero-order valence-corrected chi connectivity index (χ0v) is 16.0. The second kappa shape index (κ2) is 7.35. The highest BCUT2D eigenvalue weighted by Gasteiger charge is 2.21. The summed E-state index contributed by atoms with van der Waals surface area (Å²) >= 11 is 0. The molecule has 0 radical (unpaired) electrons. The quantitative estimate of drug-likeness (QED) is 0.699. The van der Waals surface area contributed by atoms with Crippen LogP contribution in [-0.2, 0) is 4.74 Å². The summed E-state index contributed by atoms with van der Waals surface area (Å²) in [6.45, 7) is 3.37. The fourth-order valence-electron chi connectivity index (χ4n) is 3.77. The van der Waals surface area contributed by atoms with Crippen molar-refractivity contribution in [1.29, 1.82) is 0 Å². The van der Waals surface area contributed by atoms with Crippen molar-refractivity contribution in [2.75, 3.05) is 20.2 Å².